The Bertz CT molecular complexity index is 2370. The number of rotatable bonds is 12. The predicted molar refractivity (Wildman–Crippen MR) is 231 cm³/mol. The largest absolute Gasteiger partial charge is 0.507 e. The Morgan fingerprint density at radius 1 is 0.951 bits per heavy atom. The first kappa shape index (κ1) is 43.9. The summed E-state index contributed by atoms with van der Waals surface area (Å²) >= 11 is 0. The van der Waals surface area contributed by atoms with Crippen molar-refractivity contribution in [1.29, 1.82) is 0 Å². The highest BCUT2D eigenvalue weighted by Gasteiger charge is 2.69. The number of Topliss-reactive ketones (excluding diaryl/α,β-unsaturated/α-hetero) is 2. The third-order valence-electron chi connectivity index (χ3n) is 12.7. The molecule has 3 aliphatic rings. The molecule has 1 amide bonds. The van der Waals surface area contributed by atoms with E-state index in [1.165, 1.54) is 0 Å². The van der Waals surface area contributed by atoms with E-state index in [1.807, 2.05) is 134 Å². The van der Waals surface area contributed by atoms with Crippen LogP contribution in [-0.4, -0.2) is 65.6 Å². The number of halogens is 1. The first-order chi connectivity index (χ1) is 28.6. The molecule has 0 radical (unpaired) electrons. The maximum absolute atomic E-state index is 16.5. The molecule has 14 heteroatoms. The second-order valence-corrected chi connectivity index (χ2v) is 24.2. The molecular formula is C47H57FN4O8Si. The number of aromatic nitrogens is 2. The molecule has 2 aromatic carbocycles. The second-order valence-electron chi connectivity index (χ2n) is 19.5. The van der Waals surface area contributed by atoms with E-state index < -0.39 is 66.0 Å². The van der Waals surface area contributed by atoms with Crippen LogP contribution < -0.4 is 14.8 Å². The van der Waals surface area contributed by atoms with Crippen molar-refractivity contribution in [3.05, 3.63) is 106 Å². The first-order valence-corrected chi connectivity index (χ1v) is 23.8. The number of ether oxygens (including phenoxy) is 2. The molecule has 2 aromatic heterocycles. The van der Waals surface area contributed by atoms with Gasteiger partial charge >= 0.3 is 0 Å². The van der Waals surface area contributed by atoms with E-state index in [1.54, 1.807) is 0 Å². The zero-order chi connectivity index (χ0) is 44.2. The molecule has 61 heavy (non-hydrogen) atoms. The molecule has 2 N–H and O–H groups in total. The molecule has 3 aliphatic carbocycles. The van der Waals surface area contributed by atoms with E-state index in [4.69, 9.17) is 18.4 Å². The van der Waals surface area contributed by atoms with E-state index in [-0.39, 0.29) is 83.4 Å². The number of pyridine rings is 1. The van der Waals surface area contributed by atoms with Gasteiger partial charge in [0.05, 0.1) is 11.6 Å². The van der Waals surface area contributed by atoms with Crippen LogP contribution in [0, 0.1) is 23.2 Å². The van der Waals surface area contributed by atoms with Crippen LogP contribution in [-0.2, 0) is 33.6 Å². The number of aliphatic hydroxyl groups is 1. The molecule has 324 valence electrons. The molecular weight excluding hydrogens is 796 g/mol. The summed E-state index contributed by atoms with van der Waals surface area (Å²) in [4.78, 5) is 50.9. The Labute approximate surface area is 358 Å². The Balaban J connectivity index is 1.41. The number of amides is 1. The lowest BCUT2D eigenvalue weighted by Gasteiger charge is -2.55. The van der Waals surface area contributed by atoms with Gasteiger partial charge in [-0.15, -0.1) is 0 Å². The lowest BCUT2D eigenvalue weighted by molar-refractivity contribution is -0.140. The smallest absolute Gasteiger partial charge is 0.265 e. The van der Waals surface area contributed by atoms with E-state index in [2.05, 4.69) is 15.5 Å². The van der Waals surface area contributed by atoms with E-state index >= 15 is 14.0 Å². The quantitative estimate of drug-likeness (QED) is 0.0796. The van der Waals surface area contributed by atoms with Gasteiger partial charge in [0.2, 0.25) is 23.4 Å². The van der Waals surface area contributed by atoms with E-state index in [9.17, 15) is 9.90 Å². The van der Waals surface area contributed by atoms with Gasteiger partial charge in [-0.3, -0.25) is 19.3 Å². The standard InChI is InChI=1S/C47H57FN4O8Si/c1-45(2,3)22-21-32(53)49-43-39(57-25-27-17-13-11-14-18-27)34-30(42(48)50-43)23-29-24-31-36(52(7)8)38-35(44(51-59-38)58-26-28-19-15-12-16-20-28)41(56)47(31,40(55)33(29)37(34)54)60-61(9,10)46(4,5)6/h11-20,29,31,36,54H,21-26H2,1-10H3,(H,49,50,53)/t29-,31-,36-,47-/m0/s1. The molecule has 4 atom stereocenters. The zero-order valence-corrected chi connectivity index (χ0v) is 37.8. The van der Waals surface area contributed by atoms with Crippen molar-refractivity contribution in [2.45, 2.75) is 110 Å². The van der Waals surface area contributed by atoms with Gasteiger partial charge in [-0.1, -0.05) is 102 Å². The van der Waals surface area contributed by atoms with Crippen molar-refractivity contribution in [3.8, 4) is 11.6 Å². The number of hydrogen-bond donors (Lipinski definition) is 2. The maximum Gasteiger partial charge on any atom is 0.265 e. The van der Waals surface area contributed by atoms with Crippen molar-refractivity contribution in [2.75, 3.05) is 19.4 Å². The zero-order valence-electron chi connectivity index (χ0n) is 36.8. The Morgan fingerprint density at radius 2 is 1.56 bits per heavy atom. The van der Waals surface area contributed by atoms with Gasteiger partial charge in [-0.05, 0) is 79.1 Å². The molecule has 12 nitrogen and oxygen atoms in total. The molecule has 0 spiro atoms. The van der Waals surface area contributed by atoms with Gasteiger partial charge in [0.15, 0.2) is 31.2 Å². The van der Waals surface area contributed by atoms with Crippen molar-refractivity contribution in [2.24, 2.45) is 17.3 Å². The number of ketones is 2. The van der Waals surface area contributed by atoms with Gasteiger partial charge in [0.1, 0.15) is 24.5 Å². The summed E-state index contributed by atoms with van der Waals surface area (Å²) in [6, 6.07) is 17.9. The van der Waals surface area contributed by atoms with E-state index in [0.29, 0.717) is 6.42 Å². The summed E-state index contributed by atoms with van der Waals surface area (Å²) in [6.45, 7) is 16.1. The predicted octanol–water partition coefficient (Wildman–Crippen LogP) is 9.42. The Hall–Kier alpha value is -5.18. The molecule has 0 saturated heterocycles. The second kappa shape index (κ2) is 16.3. The van der Waals surface area contributed by atoms with E-state index in [0.717, 1.165) is 11.1 Å². The molecule has 0 unspecified atom stereocenters. The van der Waals surface area contributed by atoms with Crippen LogP contribution >= 0.6 is 0 Å². The fourth-order valence-corrected chi connectivity index (χ4v) is 9.94. The molecule has 1 fully saturated rings. The number of hydrogen-bond acceptors (Lipinski definition) is 11. The minimum absolute atomic E-state index is 0.00933. The van der Waals surface area contributed by atoms with Gasteiger partial charge in [-0.25, -0.2) is 0 Å². The van der Waals surface area contributed by atoms with Crippen molar-refractivity contribution in [1.82, 2.24) is 15.0 Å². The molecule has 7 rings (SSSR count). The number of carbonyl (C=O) groups is 3. The topological polar surface area (TPSA) is 153 Å². The highest BCUT2D eigenvalue weighted by Crippen LogP contribution is 2.59. The summed E-state index contributed by atoms with van der Waals surface area (Å²) in [5.74, 6) is -4.97. The monoisotopic (exact) mass is 852 g/mol. The molecule has 1 saturated carbocycles. The van der Waals surface area contributed by atoms with Gasteiger partial charge < -0.3 is 28.8 Å². The Kier molecular flexibility index (Phi) is 11.7. The summed E-state index contributed by atoms with van der Waals surface area (Å²) in [7, 11) is 0.642. The van der Waals surface area contributed by atoms with Gasteiger partial charge in [0, 0.05) is 23.5 Å². The normalized spacial score (nSPS) is 21.4. The lowest BCUT2D eigenvalue weighted by Crippen LogP contribution is -2.68. The van der Waals surface area contributed by atoms with Crippen molar-refractivity contribution < 1.29 is 42.3 Å². The lowest BCUT2D eigenvalue weighted by atomic mass is 9.57. The third-order valence-corrected chi connectivity index (χ3v) is 17.1. The van der Waals surface area contributed by atoms with Gasteiger partial charge in [0.25, 0.3) is 5.88 Å². The summed E-state index contributed by atoms with van der Waals surface area (Å²) in [5, 5.41) is 19.1. The van der Waals surface area contributed by atoms with Crippen LogP contribution in [0.15, 0.2) is 70.8 Å². The van der Waals surface area contributed by atoms with Crippen LogP contribution in [0.4, 0.5) is 10.2 Å². The number of benzene rings is 2. The minimum atomic E-state index is -3.01. The number of nitrogens with one attached hydrogen (secondary N) is 1. The Morgan fingerprint density at radius 3 is 2.13 bits per heavy atom. The van der Waals surface area contributed by atoms with Crippen LogP contribution in [0.25, 0.3) is 5.76 Å². The number of fused-ring (bicyclic) bond motifs is 4. The number of aliphatic hydroxyl groups excluding tert-OH is 1. The average molecular weight is 853 g/mol. The third kappa shape index (κ3) is 8.17. The summed E-state index contributed by atoms with van der Waals surface area (Å²) in [5.41, 5.74) is -0.826. The first-order valence-electron chi connectivity index (χ1n) is 20.9. The van der Waals surface area contributed by atoms with Crippen LogP contribution in [0.5, 0.6) is 11.6 Å². The summed E-state index contributed by atoms with van der Waals surface area (Å²) < 4.78 is 42.2. The highest BCUT2D eigenvalue weighted by atomic mass is 28.4. The summed E-state index contributed by atoms with van der Waals surface area (Å²) in [6.07, 6.45) is 0.764. The molecule has 0 bridgehead atoms. The maximum atomic E-state index is 16.5. The number of carbonyl (C=O) groups excluding carboxylic acids is 3. The highest BCUT2D eigenvalue weighted by molar-refractivity contribution is 6.74. The molecule has 0 aliphatic heterocycles. The average Bonchev–Trinajstić information content (AvgIpc) is 3.61. The fraction of sp³-hybridized carbons (Fsp3) is 0.468. The number of anilines is 1. The van der Waals surface area contributed by atoms with Crippen LogP contribution in [0.2, 0.25) is 18.1 Å². The van der Waals surface area contributed by atoms with Gasteiger partial charge in [-0.2, -0.15) is 9.37 Å². The SMILES string of the molecule is CN(C)[C@@H]1c2onc(OCc3ccccc3)c2C(=O)[C@@]2(O[Si](C)(C)C(C)(C)C)C(=O)C3=C(O)c4c(c(F)nc(NC(=O)CCC(C)(C)C)c4OCc4ccccc4)C[C@H]3C[C@@H]12. The van der Waals surface area contributed by atoms with Crippen LogP contribution in [0.1, 0.15) is 105 Å². The van der Waals surface area contributed by atoms with Crippen LogP contribution in [0.3, 0.4) is 0 Å². The van der Waals surface area contributed by atoms with Crippen molar-refractivity contribution >= 4 is 37.4 Å². The van der Waals surface area contributed by atoms with Crippen molar-refractivity contribution in [3.63, 3.8) is 0 Å². The minimum Gasteiger partial charge on any atom is -0.507 e. The molecule has 4 aromatic rings. The fourth-order valence-electron chi connectivity index (χ4n) is 8.49. The number of nitrogens with zero attached hydrogens (tertiary/aromatic N) is 3. The molecule has 2 heterocycles.